The van der Waals surface area contributed by atoms with Crippen molar-refractivity contribution in [2.45, 2.75) is 5.75 Å². The Morgan fingerprint density at radius 1 is 1.07 bits per heavy atom. The van der Waals surface area contributed by atoms with Crippen molar-refractivity contribution < 1.29 is 9.59 Å². The Balaban J connectivity index is 1.34. The van der Waals surface area contributed by atoms with Gasteiger partial charge in [-0.05, 0) is 36.4 Å². The van der Waals surface area contributed by atoms with Crippen molar-refractivity contribution in [3.05, 3.63) is 59.4 Å². The summed E-state index contributed by atoms with van der Waals surface area (Å²) in [4.78, 5) is 32.5. The molecule has 6 nitrogen and oxygen atoms in total. The highest BCUT2D eigenvalue weighted by Crippen LogP contribution is 2.19. The summed E-state index contributed by atoms with van der Waals surface area (Å²) >= 11 is 7.41. The van der Waals surface area contributed by atoms with E-state index in [1.807, 2.05) is 42.5 Å². The number of anilines is 1. The highest BCUT2D eigenvalue weighted by atomic mass is 35.5. The number of nitrogens with one attached hydrogen (secondary N) is 1. The molecule has 28 heavy (non-hydrogen) atoms. The van der Waals surface area contributed by atoms with Gasteiger partial charge >= 0.3 is 0 Å². The van der Waals surface area contributed by atoms with Crippen LogP contribution in [0.4, 0.5) is 5.69 Å². The maximum absolute atomic E-state index is 12.3. The predicted octanol–water partition coefficient (Wildman–Crippen LogP) is 2.43. The number of pyridine rings is 1. The molecule has 1 saturated heterocycles. The highest BCUT2D eigenvalue weighted by Gasteiger charge is 2.21. The molecule has 0 aliphatic carbocycles. The Morgan fingerprint density at radius 3 is 2.50 bits per heavy atom. The molecule has 1 aromatic carbocycles. The van der Waals surface area contributed by atoms with E-state index in [1.165, 1.54) is 11.8 Å². The Bertz CT molecular complexity index is 781. The summed E-state index contributed by atoms with van der Waals surface area (Å²) in [7, 11) is 0. The molecule has 1 aromatic heterocycles. The number of benzene rings is 1. The van der Waals surface area contributed by atoms with Crippen LogP contribution in [0.3, 0.4) is 0 Å². The van der Waals surface area contributed by atoms with Gasteiger partial charge in [0, 0.05) is 48.8 Å². The molecule has 1 aliphatic heterocycles. The van der Waals surface area contributed by atoms with E-state index in [2.05, 4.69) is 15.2 Å². The standard InChI is InChI=1S/C20H23ClN4O2S/c21-16-4-6-18(7-5-16)24-9-11-25(12-10-24)20(27)13-23-19(26)15-28-14-17-3-1-2-8-22-17/h1-8H,9-15H2,(H,23,26). The lowest BCUT2D eigenvalue weighted by Crippen LogP contribution is -2.51. The summed E-state index contributed by atoms with van der Waals surface area (Å²) in [5.41, 5.74) is 2.05. The largest absolute Gasteiger partial charge is 0.368 e. The van der Waals surface area contributed by atoms with E-state index >= 15 is 0 Å². The number of hydrogen-bond acceptors (Lipinski definition) is 5. The molecule has 1 fully saturated rings. The average Bonchev–Trinajstić information content (AvgIpc) is 2.73. The number of piperazine rings is 1. The van der Waals surface area contributed by atoms with E-state index < -0.39 is 0 Å². The van der Waals surface area contributed by atoms with Gasteiger partial charge in [0.15, 0.2) is 0 Å². The Kier molecular flexibility index (Phi) is 7.56. The molecule has 0 atom stereocenters. The molecule has 0 radical (unpaired) electrons. The van der Waals surface area contributed by atoms with Gasteiger partial charge in [0.2, 0.25) is 11.8 Å². The van der Waals surface area contributed by atoms with Crippen molar-refractivity contribution in [1.29, 1.82) is 0 Å². The molecule has 0 spiro atoms. The minimum absolute atomic E-state index is 0.0427. The van der Waals surface area contributed by atoms with Crippen LogP contribution in [0.15, 0.2) is 48.7 Å². The molecule has 2 heterocycles. The number of thioether (sulfide) groups is 1. The van der Waals surface area contributed by atoms with Gasteiger partial charge in [-0.2, -0.15) is 0 Å². The summed E-state index contributed by atoms with van der Waals surface area (Å²) in [5.74, 6) is 0.816. The number of halogens is 1. The second-order valence-corrected chi connectivity index (χ2v) is 7.86. The van der Waals surface area contributed by atoms with Crippen LogP contribution >= 0.6 is 23.4 Å². The molecule has 3 rings (SSSR count). The molecule has 0 bridgehead atoms. The van der Waals surface area contributed by atoms with Crippen LogP contribution in [0.1, 0.15) is 5.69 Å². The SMILES string of the molecule is O=C(CSCc1ccccn1)NCC(=O)N1CCN(c2ccc(Cl)cc2)CC1. The van der Waals surface area contributed by atoms with Crippen LogP contribution < -0.4 is 10.2 Å². The van der Waals surface area contributed by atoms with Gasteiger partial charge in [-0.3, -0.25) is 14.6 Å². The number of rotatable bonds is 7. The van der Waals surface area contributed by atoms with E-state index in [9.17, 15) is 9.59 Å². The number of hydrogen-bond donors (Lipinski definition) is 1. The Hall–Kier alpha value is -2.25. The number of nitrogens with zero attached hydrogens (tertiary/aromatic N) is 3. The Morgan fingerprint density at radius 2 is 1.82 bits per heavy atom. The molecule has 148 valence electrons. The van der Waals surface area contributed by atoms with Crippen LogP contribution in [0, 0.1) is 0 Å². The van der Waals surface area contributed by atoms with Gasteiger partial charge in [0.05, 0.1) is 18.0 Å². The lowest BCUT2D eigenvalue weighted by atomic mass is 10.2. The zero-order valence-electron chi connectivity index (χ0n) is 15.5. The van der Waals surface area contributed by atoms with Gasteiger partial charge in [-0.25, -0.2) is 0 Å². The maximum Gasteiger partial charge on any atom is 0.242 e. The van der Waals surface area contributed by atoms with E-state index in [4.69, 9.17) is 11.6 Å². The second kappa shape index (κ2) is 10.3. The first-order valence-electron chi connectivity index (χ1n) is 9.14. The molecular formula is C20H23ClN4O2S. The highest BCUT2D eigenvalue weighted by molar-refractivity contribution is 7.99. The summed E-state index contributed by atoms with van der Waals surface area (Å²) in [6.45, 7) is 2.87. The van der Waals surface area contributed by atoms with Crippen LogP contribution in [-0.4, -0.2) is 60.2 Å². The first-order chi connectivity index (χ1) is 13.6. The predicted molar refractivity (Wildman–Crippen MR) is 114 cm³/mol. The minimum atomic E-state index is -0.130. The van der Waals surface area contributed by atoms with Crippen molar-refractivity contribution in [3.63, 3.8) is 0 Å². The van der Waals surface area contributed by atoms with Gasteiger partial charge in [-0.1, -0.05) is 17.7 Å². The van der Waals surface area contributed by atoms with Crippen molar-refractivity contribution in [2.24, 2.45) is 0 Å². The zero-order valence-corrected chi connectivity index (χ0v) is 17.1. The molecule has 1 aliphatic rings. The van der Waals surface area contributed by atoms with Gasteiger partial charge in [0.1, 0.15) is 0 Å². The van der Waals surface area contributed by atoms with Crippen molar-refractivity contribution >= 4 is 40.9 Å². The Labute approximate surface area is 174 Å². The zero-order chi connectivity index (χ0) is 19.8. The fraction of sp³-hybridized carbons (Fsp3) is 0.350. The second-order valence-electron chi connectivity index (χ2n) is 6.43. The summed E-state index contributed by atoms with van der Waals surface area (Å²) in [5, 5.41) is 3.43. The van der Waals surface area contributed by atoms with Gasteiger partial charge < -0.3 is 15.1 Å². The molecule has 2 aromatic rings. The summed E-state index contributed by atoms with van der Waals surface area (Å²) in [6, 6.07) is 13.4. The van der Waals surface area contributed by atoms with Crippen molar-refractivity contribution in [3.8, 4) is 0 Å². The molecule has 1 N–H and O–H groups in total. The van der Waals surface area contributed by atoms with Crippen LogP contribution in [0.25, 0.3) is 0 Å². The van der Waals surface area contributed by atoms with Crippen LogP contribution in [0.5, 0.6) is 0 Å². The normalized spacial score (nSPS) is 14.0. The molecule has 0 saturated carbocycles. The summed E-state index contributed by atoms with van der Waals surface area (Å²) < 4.78 is 0. The number of carbonyl (C=O) groups excluding carboxylic acids is 2. The minimum Gasteiger partial charge on any atom is -0.368 e. The third-order valence-corrected chi connectivity index (χ3v) is 5.69. The van der Waals surface area contributed by atoms with Crippen molar-refractivity contribution in [1.82, 2.24) is 15.2 Å². The molecule has 8 heteroatoms. The average molecular weight is 419 g/mol. The third-order valence-electron chi connectivity index (χ3n) is 4.47. The lowest BCUT2D eigenvalue weighted by Gasteiger charge is -2.36. The van der Waals surface area contributed by atoms with E-state index in [1.54, 1.807) is 11.1 Å². The first-order valence-corrected chi connectivity index (χ1v) is 10.7. The van der Waals surface area contributed by atoms with Gasteiger partial charge in [0.25, 0.3) is 0 Å². The number of amides is 2. The topological polar surface area (TPSA) is 65.5 Å². The van der Waals surface area contributed by atoms with Crippen molar-refractivity contribution in [2.75, 3.05) is 43.4 Å². The molecular weight excluding hydrogens is 396 g/mol. The number of aromatic nitrogens is 1. The van der Waals surface area contributed by atoms with E-state index in [0.717, 1.165) is 24.5 Å². The lowest BCUT2D eigenvalue weighted by molar-refractivity contribution is -0.132. The monoisotopic (exact) mass is 418 g/mol. The fourth-order valence-corrected chi connectivity index (χ4v) is 3.83. The van der Waals surface area contributed by atoms with Gasteiger partial charge in [-0.15, -0.1) is 11.8 Å². The molecule has 0 unspecified atom stereocenters. The maximum atomic E-state index is 12.3. The summed E-state index contributed by atoms with van der Waals surface area (Å²) in [6.07, 6.45) is 1.74. The van der Waals surface area contributed by atoms with E-state index in [-0.39, 0.29) is 18.4 Å². The van der Waals surface area contributed by atoms with E-state index in [0.29, 0.717) is 29.6 Å². The fourth-order valence-electron chi connectivity index (χ4n) is 2.93. The van der Waals surface area contributed by atoms with Crippen LogP contribution in [0.2, 0.25) is 5.02 Å². The first kappa shape index (κ1) is 20.5. The third kappa shape index (κ3) is 6.14. The quantitative estimate of drug-likeness (QED) is 0.748. The van der Waals surface area contributed by atoms with Crippen LogP contribution in [-0.2, 0) is 15.3 Å². The molecule has 2 amide bonds. The number of carbonyl (C=O) groups is 2. The smallest absolute Gasteiger partial charge is 0.242 e.